The van der Waals surface area contributed by atoms with Gasteiger partial charge < -0.3 is 21.3 Å². The molecule has 0 radical (unpaired) electrons. The Morgan fingerprint density at radius 1 is 1.04 bits per heavy atom. The molecule has 3 atom stereocenters. The second kappa shape index (κ2) is 7.65. The molecule has 3 amide bonds. The van der Waals surface area contributed by atoms with Crippen LogP contribution in [0.4, 0.5) is 11.4 Å². The third-order valence-corrected chi connectivity index (χ3v) is 4.70. The summed E-state index contributed by atoms with van der Waals surface area (Å²) in [7, 11) is 0. The van der Waals surface area contributed by atoms with Gasteiger partial charge in [0.1, 0.15) is 0 Å². The molecule has 7 heteroatoms. The van der Waals surface area contributed by atoms with E-state index >= 15 is 0 Å². The lowest BCUT2D eigenvalue weighted by Gasteiger charge is -2.40. The summed E-state index contributed by atoms with van der Waals surface area (Å²) >= 11 is 0. The molecule has 1 aliphatic heterocycles. The highest BCUT2D eigenvalue weighted by molar-refractivity contribution is 5.96. The molecule has 7 nitrogen and oxygen atoms in total. The average Bonchev–Trinajstić information content (AvgIpc) is 2.57. The zero-order chi connectivity index (χ0) is 17.8. The van der Waals surface area contributed by atoms with E-state index in [1.54, 1.807) is 24.3 Å². The maximum absolute atomic E-state index is 12.2. The van der Waals surface area contributed by atoms with Gasteiger partial charge in [-0.05, 0) is 37.1 Å². The van der Waals surface area contributed by atoms with E-state index in [9.17, 15) is 14.4 Å². The fourth-order valence-corrected chi connectivity index (χ4v) is 3.51. The Morgan fingerprint density at radius 3 is 2.28 bits per heavy atom. The lowest BCUT2D eigenvalue weighted by molar-refractivity contribution is -0.129. The van der Waals surface area contributed by atoms with Crippen LogP contribution in [0.3, 0.4) is 0 Å². The van der Waals surface area contributed by atoms with Crippen LogP contribution in [0.2, 0.25) is 0 Å². The monoisotopic (exact) mass is 344 g/mol. The molecule has 0 spiro atoms. The van der Waals surface area contributed by atoms with Gasteiger partial charge in [-0.15, -0.1) is 0 Å². The molecule has 134 valence electrons. The summed E-state index contributed by atoms with van der Waals surface area (Å²) in [6.07, 6.45) is 4.44. The second-order valence-electron chi connectivity index (χ2n) is 6.74. The molecule has 1 aromatic rings. The first-order chi connectivity index (χ1) is 12.0. The average molecular weight is 344 g/mol. The van der Waals surface area contributed by atoms with Gasteiger partial charge in [-0.1, -0.05) is 12.8 Å². The van der Waals surface area contributed by atoms with Crippen LogP contribution in [0.1, 0.15) is 39.0 Å². The van der Waals surface area contributed by atoms with Crippen molar-refractivity contribution in [1.29, 1.82) is 0 Å². The van der Waals surface area contributed by atoms with Crippen LogP contribution in [-0.2, 0) is 14.4 Å². The fraction of sp³-hybridized carbons (Fsp3) is 0.500. The first-order valence-corrected chi connectivity index (χ1v) is 8.75. The van der Waals surface area contributed by atoms with Crippen molar-refractivity contribution < 1.29 is 14.4 Å². The molecular formula is C18H24N4O3. The number of anilines is 2. The minimum atomic E-state index is -0.488. The highest BCUT2D eigenvalue weighted by atomic mass is 16.2. The van der Waals surface area contributed by atoms with E-state index in [1.807, 2.05) is 0 Å². The van der Waals surface area contributed by atoms with Crippen molar-refractivity contribution in [2.75, 3.05) is 10.6 Å². The predicted molar refractivity (Wildman–Crippen MR) is 95.1 cm³/mol. The molecule has 0 aromatic heterocycles. The van der Waals surface area contributed by atoms with Crippen molar-refractivity contribution in [2.24, 2.45) is 0 Å². The molecule has 1 saturated carbocycles. The number of hydrogen-bond acceptors (Lipinski definition) is 4. The zero-order valence-electron chi connectivity index (χ0n) is 14.3. The molecule has 1 aliphatic carbocycles. The first-order valence-electron chi connectivity index (χ1n) is 8.75. The summed E-state index contributed by atoms with van der Waals surface area (Å²) in [5.41, 5.74) is 1.30. The molecule has 25 heavy (non-hydrogen) atoms. The van der Waals surface area contributed by atoms with Gasteiger partial charge in [0.25, 0.3) is 0 Å². The van der Waals surface area contributed by atoms with Crippen molar-refractivity contribution in [3.05, 3.63) is 24.3 Å². The van der Waals surface area contributed by atoms with Gasteiger partial charge in [0.05, 0.1) is 12.5 Å². The van der Waals surface area contributed by atoms with Crippen molar-refractivity contribution in [3.63, 3.8) is 0 Å². The Labute approximate surface area is 146 Å². The minimum Gasteiger partial charge on any atom is -0.350 e. The summed E-state index contributed by atoms with van der Waals surface area (Å²) in [5.74, 6) is -0.458. The molecule has 2 fully saturated rings. The number of carbonyl (C=O) groups is 3. The van der Waals surface area contributed by atoms with E-state index < -0.39 is 6.04 Å². The van der Waals surface area contributed by atoms with Gasteiger partial charge in [0.15, 0.2) is 0 Å². The number of fused-ring (bicyclic) bond motifs is 1. The zero-order valence-corrected chi connectivity index (χ0v) is 14.3. The van der Waals surface area contributed by atoms with E-state index in [2.05, 4.69) is 21.3 Å². The third kappa shape index (κ3) is 4.57. The lowest BCUT2D eigenvalue weighted by atomic mass is 9.87. The molecule has 3 unspecified atom stereocenters. The van der Waals surface area contributed by atoms with E-state index in [1.165, 1.54) is 6.92 Å². The van der Waals surface area contributed by atoms with Gasteiger partial charge >= 0.3 is 0 Å². The van der Waals surface area contributed by atoms with Crippen molar-refractivity contribution in [1.82, 2.24) is 10.6 Å². The summed E-state index contributed by atoms with van der Waals surface area (Å²) in [6.45, 7) is 1.44. The van der Waals surface area contributed by atoms with E-state index in [0.29, 0.717) is 11.4 Å². The normalized spacial score (nSPS) is 25.5. The number of rotatable bonds is 4. The first kappa shape index (κ1) is 17.4. The van der Waals surface area contributed by atoms with Gasteiger partial charge in [0, 0.05) is 30.4 Å². The lowest BCUT2D eigenvalue weighted by Crippen LogP contribution is -2.65. The van der Waals surface area contributed by atoms with Crippen LogP contribution in [0.15, 0.2) is 24.3 Å². The number of piperazine rings is 1. The highest BCUT2D eigenvalue weighted by Gasteiger charge is 2.36. The van der Waals surface area contributed by atoms with Gasteiger partial charge in [-0.3, -0.25) is 14.4 Å². The van der Waals surface area contributed by atoms with E-state index in [4.69, 9.17) is 0 Å². The van der Waals surface area contributed by atoms with Gasteiger partial charge in [-0.25, -0.2) is 0 Å². The fourth-order valence-electron chi connectivity index (χ4n) is 3.51. The Hall–Kier alpha value is -2.41. The summed E-state index contributed by atoms with van der Waals surface area (Å²) in [5, 5.41) is 11.8. The van der Waals surface area contributed by atoms with E-state index in [0.717, 1.165) is 25.7 Å². The predicted octanol–water partition coefficient (Wildman–Crippen LogP) is 1.37. The number of carbonyl (C=O) groups excluding carboxylic acids is 3. The number of nitrogens with one attached hydrogen (secondary N) is 4. The van der Waals surface area contributed by atoms with Crippen LogP contribution in [0, 0.1) is 0 Å². The Bertz CT molecular complexity index is 659. The quantitative estimate of drug-likeness (QED) is 0.663. The Kier molecular flexibility index (Phi) is 5.33. The number of benzene rings is 1. The molecule has 2 aliphatic rings. The van der Waals surface area contributed by atoms with Crippen LogP contribution in [-0.4, -0.2) is 35.8 Å². The van der Waals surface area contributed by atoms with Crippen LogP contribution in [0.25, 0.3) is 0 Å². The van der Waals surface area contributed by atoms with Gasteiger partial charge in [-0.2, -0.15) is 0 Å². The maximum Gasteiger partial charge on any atom is 0.237 e. The molecule has 3 rings (SSSR count). The smallest absolute Gasteiger partial charge is 0.237 e. The molecular weight excluding hydrogens is 320 g/mol. The SMILES string of the molecule is CC(=O)Nc1ccc(NC(=O)CC2NC3CCCCC3NC2=O)cc1. The third-order valence-electron chi connectivity index (χ3n) is 4.70. The largest absolute Gasteiger partial charge is 0.350 e. The van der Waals surface area contributed by atoms with Crippen molar-refractivity contribution >= 4 is 29.1 Å². The standard InChI is InChI=1S/C18H24N4O3/c1-11(23)19-12-6-8-13(9-7-12)20-17(24)10-16-18(25)22-15-5-3-2-4-14(15)21-16/h6-9,14-16,21H,2-5,10H2,1H3,(H,19,23)(H,20,24)(H,22,25). The van der Waals surface area contributed by atoms with Crippen LogP contribution in [0.5, 0.6) is 0 Å². The topological polar surface area (TPSA) is 99.3 Å². The minimum absolute atomic E-state index is 0.0979. The maximum atomic E-state index is 12.2. The number of hydrogen-bond donors (Lipinski definition) is 4. The summed E-state index contributed by atoms with van der Waals surface area (Å²) in [6, 6.07) is 6.84. The highest BCUT2D eigenvalue weighted by Crippen LogP contribution is 2.22. The molecule has 1 heterocycles. The number of amides is 3. The van der Waals surface area contributed by atoms with Crippen molar-refractivity contribution in [3.8, 4) is 0 Å². The molecule has 0 bridgehead atoms. The Balaban J connectivity index is 1.53. The van der Waals surface area contributed by atoms with Crippen LogP contribution >= 0.6 is 0 Å². The van der Waals surface area contributed by atoms with Crippen molar-refractivity contribution in [2.45, 2.75) is 57.2 Å². The van der Waals surface area contributed by atoms with E-state index in [-0.39, 0.29) is 36.2 Å². The summed E-state index contributed by atoms with van der Waals surface area (Å²) < 4.78 is 0. The molecule has 1 aromatic carbocycles. The summed E-state index contributed by atoms with van der Waals surface area (Å²) in [4.78, 5) is 35.4. The van der Waals surface area contributed by atoms with Crippen LogP contribution < -0.4 is 21.3 Å². The Morgan fingerprint density at radius 2 is 1.64 bits per heavy atom. The molecule has 4 N–H and O–H groups in total. The molecule has 1 saturated heterocycles. The van der Waals surface area contributed by atoms with Gasteiger partial charge in [0.2, 0.25) is 17.7 Å². The second-order valence-corrected chi connectivity index (χ2v) is 6.74.